The largest absolute Gasteiger partial charge is 0.490 e. The molecule has 0 aliphatic rings. The summed E-state index contributed by atoms with van der Waals surface area (Å²) in [5.41, 5.74) is 6.86. The molecule has 1 aromatic rings. The lowest BCUT2D eigenvalue weighted by Gasteiger charge is -2.11. The third-order valence-electron chi connectivity index (χ3n) is 2.03. The van der Waals surface area contributed by atoms with Crippen molar-refractivity contribution in [3.63, 3.8) is 0 Å². The van der Waals surface area contributed by atoms with Crippen molar-refractivity contribution in [2.45, 2.75) is 13.0 Å². The van der Waals surface area contributed by atoms with Gasteiger partial charge in [-0.3, -0.25) is 0 Å². The van der Waals surface area contributed by atoms with Crippen LogP contribution in [0.25, 0.3) is 0 Å². The molecule has 0 spiro atoms. The van der Waals surface area contributed by atoms with Crippen LogP contribution >= 0.6 is 15.9 Å². The highest BCUT2D eigenvalue weighted by molar-refractivity contribution is 9.10. The first kappa shape index (κ1) is 12.5. The maximum absolute atomic E-state index is 5.77. The summed E-state index contributed by atoms with van der Waals surface area (Å²) in [6.45, 7) is 3.08. The molecule has 0 saturated carbocycles. The minimum atomic E-state index is 0.0364. The van der Waals surface area contributed by atoms with Crippen molar-refractivity contribution in [1.29, 1.82) is 0 Å². The average molecular weight is 274 g/mol. The summed E-state index contributed by atoms with van der Waals surface area (Å²) in [6.07, 6.45) is 0. The van der Waals surface area contributed by atoms with E-state index in [1.165, 1.54) is 0 Å². The van der Waals surface area contributed by atoms with Gasteiger partial charge in [0.25, 0.3) is 0 Å². The Morgan fingerprint density at radius 2 is 2.13 bits per heavy atom. The molecule has 0 saturated heterocycles. The van der Waals surface area contributed by atoms with Crippen LogP contribution in [0.1, 0.15) is 18.5 Å². The quantitative estimate of drug-likeness (QED) is 0.839. The van der Waals surface area contributed by atoms with Gasteiger partial charge in [-0.1, -0.05) is 6.07 Å². The van der Waals surface area contributed by atoms with E-state index in [2.05, 4.69) is 15.9 Å². The maximum atomic E-state index is 5.77. The number of halogens is 1. The summed E-state index contributed by atoms with van der Waals surface area (Å²) in [5.74, 6) is 0.816. The van der Waals surface area contributed by atoms with Crippen molar-refractivity contribution in [3.05, 3.63) is 28.2 Å². The highest BCUT2D eigenvalue weighted by Gasteiger charge is 2.05. The van der Waals surface area contributed by atoms with Gasteiger partial charge in [0, 0.05) is 13.2 Å². The monoisotopic (exact) mass is 273 g/mol. The zero-order chi connectivity index (χ0) is 11.3. The highest BCUT2D eigenvalue weighted by atomic mass is 79.9. The van der Waals surface area contributed by atoms with Gasteiger partial charge in [0.05, 0.1) is 11.1 Å². The third-order valence-corrected chi connectivity index (χ3v) is 2.65. The van der Waals surface area contributed by atoms with Crippen molar-refractivity contribution in [3.8, 4) is 5.75 Å². The van der Waals surface area contributed by atoms with E-state index in [0.29, 0.717) is 13.2 Å². The van der Waals surface area contributed by atoms with Crippen LogP contribution in [-0.4, -0.2) is 20.3 Å². The number of methoxy groups -OCH3 is 1. The second kappa shape index (κ2) is 6.10. The fourth-order valence-electron chi connectivity index (χ4n) is 1.15. The van der Waals surface area contributed by atoms with E-state index in [-0.39, 0.29) is 6.04 Å². The van der Waals surface area contributed by atoms with Crippen LogP contribution in [0, 0.1) is 0 Å². The van der Waals surface area contributed by atoms with E-state index in [0.717, 1.165) is 15.8 Å². The third kappa shape index (κ3) is 3.81. The predicted octanol–water partition coefficient (Wildman–Crippen LogP) is 2.49. The fourth-order valence-corrected chi connectivity index (χ4v) is 1.66. The van der Waals surface area contributed by atoms with Gasteiger partial charge in [-0.2, -0.15) is 0 Å². The average Bonchev–Trinajstić information content (AvgIpc) is 2.20. The summed E-state index contributed by atoms with van der Waals surface area (Å²) < 4.78 is 11.3. The lowest BCUT2D eigenvalue weighted by Crippen LogP contribution is -2.07. The topological polar surface area (TPSA) is 44.5 Å². The molecule has 3 nitrogen and oxygen atoms in total. The second-order valence-corrected chi connectivity index (χ2v) is 4.17. The molecule has 1 aromatic carbocycles. The van der Waals surface area contributed by atoms with E-state index in [1.54, 1.807) is 7.11 Å². The van der Waals surface area contributed by atoms with Crippen molar-refractivity contribution in [2.75, 3.05) is 20.3 Å². The van der Waals surface area contributed by atoms with Gasteiger partial charge in [0.1, 0.15) is 12.4 Å². The number of hydrogen-bond acceptors (Lipinski definition) is 3. The van der Waals surface area contributed by atoms with Crippen LogP contribution in [0.2, 0.25) is 0 Å². The van der Waals surface area contributed by atoms with E-state index >= 15 is 0 Å². The molecule has 0 aromatic heterocycles. The van der Waals surface area contributed by atoms with Gasteiger partial charge < -0.3 is 15.2 Å². The van der Waals surface area contributed by atoms with Crippen LogP contribution in [0.15, 0.2) is 22.7 Å². The van der Waals surface area contributed by atoms with Gasteiger partial charge in [0.15, 0.2) is 0 Å². The molecule has 0 aliphatic carbocycles. The molecule has 1 rings (SSSR count). The lowest BCUT2D eigenvalue weighted by atomic mass is 10.1. The van der Waals surface area contributed by atoms with Crippen molar-refractivity contribution in [2.24, 2.45) is 5.73 Å². The van der Waals surface area contributed by atoms with E-state index < -0.39 is 0 Å². The van der Waals surface area contributed by atoms with Crippen LogP contribution in [0.4, 0.5) is 0 Å². The Balaban J connectivity index is 2.66. The molecular formula is C11H16BrNO2. The Morgan fingerprint density at radius 3 is 2.67 bits per heavy atom. The Bertz CT molecular complexity index is 315. The minimum Gasteiger partial charge on any atom is -0.490 e. The Morgan fingerprint density at radius 1 is 1.40 bits per heavy atom. The number of benzene rings is 1. The summed E-state index contributed by atoms with van der Waals surface area (Å²) in [5, 5.41) is 0. The molecule has 0 aliphatic heterocycles. The molecular weight excluding hydrogens is 258 g/mol. The Labute approximate surface area is 98.7 Å². The molecule has 4 heteroatoms. The molecule has 84 valence electrons. The lowest BCUT2D eigenvalue weighted by molar-refractivity contribution is 0.146. The summed E-state index contributed by atoms with van der Waals surface area (Å²) >= 11 is 3.45. The van der Waals surface area contributed by atoms with Gasteiger partial charge in [0.2, 0.25) is 0 Å². The summed E-state index contributed by atoms with van der Waals surface area (Å²) in [6, 6.07) is 5.90. The molecule has 0 amide bonds. The number of nitrogens with two attached hydrogens (primary N) is 1. The second-order valence-electron chi connectivity index (χ2n) is 3.32. The Kier molecular flexibility index (Phi) is 5.08. The predicted molar refractivity (Wildman–Crippen MR) is 64.1 cm³/mol. The first-order valence-corrected chi connectivity index (χ1v) is 5.61. The van der Waals surface area contributed by atoms with Crippen LogP contribution in [0.5, 0.6) is 5.75 Å². The molecule has 15 heavy (non-hydrogen) atoms. The Hall–Kier alpha value is -0.580. The zero-order valence-electron chi connectivity index (χ0n) is 9.00. The molecule has 0 radical (unpaired) electrons. The molecule has 2 N–H and O–H groups in total. The fraction of sp³-hybridized carbons (Fsp3) is 0.455. The van der Waals surface area contributed by atoms with Gasteiger partial charge in [-0.05, 0) is 40.5 Å². The number of rotatable bonds is 5. The standard InChI is InChI=1S/C11H16BrNO2/c1-8(13)9-3-4-11(10(12)7-9)15-6-5-14-2/h3-4,7-8H,5-6,13H2,1-2H3. The zero-order valence-corrected chi connectivity index (χ0v) is 10.6. The van der Waals surface area contributed by atoms with Gasteiger partial charge in [-0.15, -0.1) is 0 Å². The normalized spacial score (nSPS) is 12.5. The first-order chi connectivity index (χ1) is 7.15. The van der Waals surface area contributed by atoms with Gasteiger partial charge in [-0.25, -0.2) is 0 Å². The van der Waals surface area contributed by atoms with Crippen molar-refractivity contribution < 1.29 is 9.47 Å². The van der Waals surface area contributed by atoms with E-state index in [9.17, 15) is 0 Å². The highest BCUT2D eigenvalue weighted by Crippen LogP contribution is 2.27. The summed E-state index contributed by atoms with van der Waals surface area (Å²) in [4.78, 5) is 0. The van der Waals surface area contributed by atoms with Crippen LogP contribution < -0.4 is 10.5 Å². The SMILES string of the molecule is COCCOc1ccc(C(C)N)cc1Br. The van der Waals surface area contributed by atoms with E-state index in [4.69, 9.17) is 15.2 Å². The molecule has 0 fully saturated rings. The number of ether oxygens (including phenoxy) is 2. The molecule has 1 unspecified atom stereocenters. The van der Waals surface area contributed by atoms with Gasteiger partial charge >= 0.3 is 0 Å². The van der Waals surface area contributed by atoms with Crippen molar-refractivity contribution >= 4 is 15.9 Å². The number of hydrogen-bond donors (Lipinski definition) is 1. The van der Waals surface area contributed by atoms with Crippen LogP contribution in [-0.2, 0) is 4.74 Å². The first-order valence-electron chi connectivity index (χ1n) is 4.82. The molecule has 0 bridgehead atoms. The maximum Gasteiger partial charge on any atom is 0.133 e. The molecule has 0 heterocycles. The van der Waals surface area contributed by atoms with E-state index in [1.807, 2.05) is 25.1 Å². The summed E-state index contributed by atoms with van der Waals surface area (Å²) in [7, 11) is 1.65. The van der Waals surface area contributed by atoms with Crippen molar-refractivity contribution in [1.82, 2.24) is 0 Å². The molecule has 1 atom stereocenters. The minimum absolute atomic E-state index is 0.0364. The van der Waals surface area contributed by atoms with Crippen LogP contribution in [0.3, 0.4) is 0 Å². The smallest absolute Gasteiger partial charge is 0.133 e.